The predicted octanol–water partition coefficient (Wildman–Crippen LogP) is 4.84. The topological polar surface area (TPSA) is 61.7 Å². The van der Waals surface area contributed by atoms with E-state index in [1.54, 1.807) is 30.3 Å². The first-order valence-electron chi connectivity index (χ1n) is 8.14. The van der Waals surface area contributed by atoms with Crippen molar-refractivity contribution < 1.29 is 18.7 Å². The second-order valence-electron chi connectivity index (χ2n) is 5.91. The van der Waals surface area contributed by atoms with Gasteiger partial charge < -0.3 is 5.11 Å². The van der Waals surface area contributed by atoms with Gasteiger partial charge in [0.15, 0.2) is 5.82 Å². The van der Waals surface area contributed by atoms with Crippen molar-refractivity contribution in [1.82, 2.24) is 0 Å². The number of hydrazone groups is 1. The minimum Gasteiger partial charge on any atom is -0.478 e. The Morgan fingerprint density at radius 1 is 0.963 bits per heavy atom. The van der Waals surface area contributed by atoms with Crippen LogP contribution >= 0.6 is 0 Å². The molecule has 0 bridgehead atoms. The fourth-order valence-electron chi connectivity index (χ4n) is 2.56. The minimum atomic E-state index is -1.10. The molecular weight excluding hydrogens is 350 g/mol. The van der Waals surface area contributed by atoms with Crippen molar-refractivity contribution in [3.8, 4) is 0 Å². The average molecular weight is 366 g/mol. The van der Waals surface area contributed by atoms with Crippen LogP contribution in [-0.2, 0) is 0 Å². The summed E-state index contributed by atoms with van der Waals surface area (Å²) in [6.07, 6.45) is 0. The summed E-state index contributed by atoms with van der Waals surface area (Å²) in [6, 6.07) is 16.8. The highest BCUT2D eigenvalue weighted by Gasteiger charge is 2.16. The summed E-state index contributed by atoms with van der Waals surface area (Å²) >= 11 is 0. The number of benzene rings is 3. The van der Waals surface area contributed by atoms with Gasteiger partial charge in [-0.05, 0) is 25.1 Å². The first kappa shape index (κ1) is 18.3. The zero-order valence-electron chi connectivity index (χ0n) is 14.4. The lowest BCUT2D eigenvalue weighted by Gasteiger charge is -2.12. The number of nitrogens with one attached hydrogen (secondary N) is 1. The van der Waals surface area contributed by atoms with Gasteiger partial charge in [-0.1, -0.05) is 48.0 Å². The maximum absolute atomic E-state index is 13.9. The lowest BCUT2D eigenvalue weighted by atomic mass is 9.97. The molecule has 0 aliphatic carbocycles. The Morgan fingerprint density at radius 2 is 1.63 bits per heavy atom. The summed E-state index contributed by atoms with van der Waals surface area (Å²) < 4.78 is 27.0. The second kappa shape index (κ2) is 7.78. The first-order valence-corrected chi connectivity index (χ1v) is 8.14. The zero-order chi connectivity index (χ0) is 19.4. The number of hydrogen-bond acceptors (Lipinski definition) is 3. The maximum atomic E-state index is 13.9. The maximum Gasteiger partial charge on any atom is 0.336 e. The molecule has 0 saturated heterocycles. The van der Waals surface area contributed by atoms with Gasteiger partial charge in [0.1, 0.15) is 5.82 Å². The van der Waals surface area contributed by atoms with Gasteiger partial charge in [-0.15, -0.1) is 0 Å². The lowest BCUT2D eigenvalue weighted by Crippen LogP contribution is -2.12. The summed E-state index contributed by atoms with van der Waals surface area (Å²) in [5, 5.41) is 13.7. The Kier molecular flexibility index (Phi) is 5.26. The van der Waals surface area contributed by atoms with Gasteiger partial charge >= 0.3 is 5.97 Å². The summed E-state index contributed by atoms with van der Waals surface area (Å²) in [4.78, 5) is 11.6. The summed E-state index contributed by atoms with van der Waals surface area (Å²) in [7, 11) is 0. The van der Waals surface area contributed by atoms with Gasteiger partial charge in [0.2, 0.25) is 0 Å². The van der Waals surface area contributed by atoms with E-state index in [2.05, 4.69) is 10.5 Å². The SMILES string of the molecule is Cc1ccc(/C(=N/Nc2ccc(F)cc2F)c2ccccc2C(=O)O)cc1. The van der Waals surface area contributed by atoms with Gasteiger partial charge in [-0.25, -0.2) is 13.6 Å². The molecule has 136 valence electrons. The molecule has 3 aromatic rings. The number of anilines is 1. The quantitative estimate of drug-likeness (QED) is 0.502. The molecule has 0 spiro atoms. The van der Waals surface area contributed by atoms with Crippen LogP contribution in [-0.4, -0.2) is 16.8 Å². The second-order valence-corrected chi connectivity index (χ2v) is 5.91. The van der Waals surface area contributed by atoms with Crippen molar-refractivity contribution >= 4 is 17.4 Å². The van der Waals surface area contributed by atoms with Crippen LogP contribution in [0.15, 0.2) is 71.8 Å². The molecule has 0 aliphatic heterocycles. The van der Waals surface area contributed by atoms with Crippen LogP contribution in [0.25, 0.3) is 0 Å². The number of aryl methyl sites for hydroxylation is 1. The number of carboxylic acid groups (broad SMARTS) is 1. The number of aromatic carboxylic acids is 1. The highest BCUT2D eigenvalue weighted by Crippen LogP contribution is 2.19. The molecule has 0 heterocycles. The molecule has 0 aromatic heterocycles. The summed E-state index contributed by atoms with van der Waals surface area (Å²) in [5.41, 5.74) is 5.01. The summed E-state index contributed by atoms with van der Waals surface area (Å²) in [5.74, 6) is -2.59. The normalized spacial score (nSPS) is 11.3. The highest BCUT2D eigenvalue weighted by atomic mass is 19.1. The van der Waals surface area contributed by atoms with Gasteiger partial charge in [0.25, 0.3) is 0 Å². The smallest absolute Gasteiger partial charge is 0.336 e. The Hall–Kier alpha value is -3.54. The van der Waals surface area contributed by atoms with E-state index >= 15 is 0 Å². The van der Waals surface area contributed by atoms with Crippen molar-refractivity contribution in [2.45, 2.75) is 6.92 Å². The van der Waals surface area contributed by atoms with E-state index in [4.69, 9.17) is 0 Å². The van der Waals surface area contributed by atoms with Crippen LogP contribution in [0.5, 0.6) is 0 Å². The van der Waals surface area contributed by atoms with Crippen LogP contribution in [0.2, 0.25) is 0 Å². The molecule has 0 radical (unpaired) electrons. The van der Waals surface area contributed by atoms with E-state index < -0.39 is 17.6 Å². The number of halogens is 2. The van der Waals surface area contributed by atoms with E-state index in [-0.39, 0.29) is 11.3 Å². The third kappa shape index (κ3) is 4.17. The minimum absolute atomic E-state index is 0.0196. The standard InChI is InChI=1S/C21H16F2N2O2/c1-13-6-8-14(9-7-13)20(16-4-2-3-5-17(16)21(26)27)25-24-19-11-10-15(22)12-18(19)23/h2-12,24H,1H3,(H,26,27)/b25-20-. The van der Waals surface area contributed by atoms with E-state index in [0.29, 0.717) is 16.8 Å². The molecule has 0 unspecified atom stereocenters. The van der Waals surface area contributed by atoms with Gasteiger partial charge in [-0.2, -0.15) is 5.10 Å². The number of carboxylic acids is 1. The Morgan fingerprint density at radius 3 is 2.26 bits per heavy atom. The number of hydrogen-bond donors (Lipinski definition) is 2. The molecular formula is C21H16F2N2O2. The average Bonchev–Trinajstić information content (AvgIpc) is 2.65. The van der Waals surface area contributed by atoms with Gasteiger partial charge in [-0.3, -0.25) is 5.43 Å². The monoisotopic (exact) mass is 366 g/mol. The number of rotatable bonds is 5. The van der Waals surface area contributed by atoms with E-state index in [1.807, 2.05) is 19.1 Å². The van der Waals surface area contributed by atoms with Gasteiger partial charge in [0.05, 0.1) is 17.0 Å². The van der Waals surface area contributed by atoms with Crippen LogP contribution < -0.4 is 5.43 Å². The molecule has 0 atom stereocenters. The number of carbonyl (C=O) groups is 1. The van der Waals surface area contributed by atoms with E-state index in [0.717, 1.165) is 17.7 Å². The molecule has 0 amide bonds. The zero-order valence-corrected chi connectivity index (χ0v) is 14.4. The fraction of sp³-hybridized carbons (Fsp3) is 0.0476. The molecule has 27 heavy (non-hydrogen) atoms. The van der Waals surface area contributed by atoms with Crippen LogP contribution in [0.4, 0.5) is 14.5 Å². The van der Waals surface area contributed by atoms with Crippen molar-refractivity contribution in [1.29, 1.82) is 0 Å². The van der Waals surface area contributed by atoms with Crippen molar-refractivity contribution in [2.75, 3.05) is 5.43 Å². The van der Waals surface area contributed by atoms with E-state index in [1.165, 1.54) is 12.1 Å². The molecule has 0 fully saturated rings. The third-order valence-corrected chi connectivity index (χ3v) is 3.96. The van der Waals surface area contributed by atoms with Crippen molar-refractivity contribution in [3.63, 3.8) is 0 Å². The molecule has 3 aromatic carbocycles. The fourth-order valence-corrected chi connectivity index (χ4v) is 2.56. The van der Waals surface area contributed by atoms with Gasteiger partial charge in [0, 0.05) is 17.2 Å². The Bertz CT molecular complexity index is 1010. The predicted molar refractivity (Wildman–Crippen MR) is 100 cm³/mol. The van der Waals surface area contributed by atoms with Crippen LogP contribution in [0.1, 0.15) is 27.0 Å². The van der Waals surface area contributed by atoms with Crippen LogP contribution in [0.3, 0.4) is 0 Å². The Balaban J connectivity index is 2.10. The van der Waals surface area contributed by atoms with E-state index in [9.17, 15) is 18.7 Å². The molecule has 3 rings (SSSR count). The third-order valence-electron chi connectivity index (χ3n) is 3.96. The molecule has 0 aliphatic rings. The largest absolute Gasteiger partial charge is 0.478 e. The Labute approximate surface area is 154 Å². The number of nitrogens with zero attached hydrogens (tertiary/aromatic N) is 1. The molecule has 2 N–H and O–H groups in total. The lowest BCUT2D eigenvalue weighted by molar-refractivity contribution is 0.0696. The summed E-state index contributed by atoms with van der Waals surface area (Å²) in [6.45, 7) is 1.93. The first-order chi connectivity index (χ1) is 13.0. The molecule has 6 heteroatoms. The highest BCUT2D eigenvalue weighted by molar-refractivity contribution is 6.17. The van der Waals surface area contributed by atoms with Crippen molar-refractivity contribution in [3.05, 3.63) is 101 Å². The van der Waals surface area contributed by atoms with Crippen molar-refractivity contribution in [2.24, 2.45) is 5.10 Å². The molecule has 0 saturated carbocycles. The van der Waals surface area contributed by atoms with Crippen LogP contribution in [0, 0.1) is 18.6 Å². The molecule has 4 nitrogen and oxygen atoms in total.